The summed E-state index contributed by atoms with van der Waals surface area (Å²) in [6.45, 7) is 0. The van der Waals surface area contributed by atoms with E-state index in [1.807, 2.05) is 18.2 Å². The molecule has 0 atom stereocenters. The van der Waals surface area contributed by atoms with Crippen LogP contribution in [0.1, 0.15) is 0 Å². The van der Waals surface area contributed by atoms with Crippen molar-refractivity contribution >= 4 is 130 Å². The largest absolute Gasteiger partial charge is 0.456 e. The van der Waals surface area contributed by atoms with Crippen molar-refractivity contribution in [3.8, 4) is 122 Å². The van der Waals surface area contributed by atoms with Gasteiger partial charge in [-0.25, -0.2) is 0 Å². The molecule has 0 N–H and O–H groups in total. The van der Waals surface area contributed by atoms with Crippen LogP contribution in [0, 0.1) is 0 Å². The number of rotatable bonds is 11. The van der Waals surface area contributed by atoms with Gasteiger partial charge in [0.25, 0.3) is 0 Å². The predicted molar refractivity (Wildman–Crippen MR) is 546 cm³/mol. The average molecular weight is 1640 g/mol. The SMILES string of the molecule is c1ccc(-c2c3ccccc3c(-c3ccc4oc5ccccc5c4c3)c3ccccc23)cc1.c1ccc(-c2cc(-c3ccccc3)cc(-c3ccc4oc5ccccc5c4c3-c3c4ccccc4c(-c4ccccc4)c4ccccc34)c2)cc1.c1ccc(-c2cccc(-c3ccc4oc5ccccc5c4c3-c3c4ccccc4c(-c4ccccc4)c4ccccc34)c2)cc1. The second-order valence-corrected chi connectivity index (χ2v) is 33.3. The Hall–Kier alpha value is -17.0. The smallest absolute Gasteiger partial charge is 0.136 e. The standard InChI is InChI=1S/C50H32O.C44H28O.C32H20O/c1-4-16-33(17-5-1)36-30-37(34-18-6-2-7-19-34)32-38(31-36)39-28-29-46-49(44-26-14-15-27-45(44)51-46)50(39)48-42-24-12-10-22-40(42)47(35-20-8-3-9-21-35)41-23-11-13-25-43(41)48;1-3-14-29(15-4-1)31-18-13-19-32(28-31)33-26-27-40-43(38-24-11-12-25-39(38)45-40)44(33)42-36-22-9-7-20-34(36)41(30-16-5-2-6-17-30)35-21-8-10-23-37(35)42;1-2-10-21(11-3-1)31-24-13-4-6-15-26(24)32(27-16-7-5-14-25(27)31)22-18-19-30-28(20-22)23-12-8-9-17-29(23)33-30/h1-32H;1-28H;1-20H. The van der Waals surface area contributed by atoms with Crippen molar-refractivity contribution in [2.24, 2.45) is 0 Å². The number of fused-ring (bicyclic) bond motifs is 15. The van der Waals surface area contributed by atoms with Gasteiger partial charge in [-0.05, 0) is 243 Å². The van der Waals surface area contributed by atoms with E-state index >= 15 is 0 Å². The van der Waals surface area contributed by atoms with Gasteiger partial charge in [0.05, 0.1) is 0 Å². The van der Waals surface area contributed by atoms with E-state index in [2.05, 4.69) is 467 Å². The second kappa shape index (κ2) is 32.3. The van der Waals surface area contributed by atoms with E-state index in [-0.39, 0.29) is 0 Å². The van der Waals surface area contributed by atoms with Gasteiger partial charge >= 0.3 is 0 Å². The lowest BCUT2D eigenvalue weighted by Gasteiger charge is -2.21. The van der Waals surface area contributed by atoms with Crippen LogP contribution in [0.2, 0.25) is 0 Å². The molecule has 0 amide bonds. The van der Waals surface area contributed by atoms with Crippen LogP contribution in [-0.2, 0) is 0 Å². The van der Waals surface area contributed by atoms with Crippen molar-refractivity contribution in [2.75, 3.05) is 0 Å². The van der Waals surface area contributed by atoms with Crippen molar-refractivity contribution < 1.29 is 13.3 Å². The third-order valence-corrected chi connectivity index (χ3v) is 26.0. The Kier molecular flexibility index (Phi) is 19.0. The van der Waals surface area contributed by atoms with Crippen molar-refractivity contribution in [1.29, 1.82) is 0 Å². The van der Waals surface area contributed by atoms with E-state index in [0.717, 1.165) is 71.4 Å². The Labute approximate surface area is 746 Å². The van der Waals surface area contributed by atoms with Gasteiger partial charge in [0, 0.05) is 43.4 Å². The zero-order valence-corrected chi connectivity index (χ0v) is 70.4. The summed E-state index contributed by atoms with van der Waals surface area (Å²) in [4.78, 5) is 0. The van der Waals surface area contributed by atoms with Gasteiger partial charge in [0.15, 0.2) is 0 Å². The summed E-state index contributed by atoms with van der Waals surface area (Å²) in [7, 11) is 0. The summed E-state index contributed by atoms with van der Waals surface area (Å²) in [6.07, 6.45) is 0. The van der Waals surface area contributed by atoms with Crippen LogP contribution >= 0.6 is 0 Å². The van der Waals surface area contributed by atoms with Gasteiger partial charge < -0.3 is 13.3 Å². The first-order valence-electron chi connectivity index (χ1n) is 44.2. The first-order chi connectivity index (χ1) is 64.0. The third kappa shape index (κ3) is 13.3. The minimum absolute atomic E-state index is 0.887. The number of furan rings is 3. The number of para-hydroxylation sites is 3. The highest BCUT2D eigenvalue weighted by Gasteiger charge is 2.28. The molecule has 0 aliphatic rings. The van der Waals surface area contributed by atoms with Gasteiger partial charge in [-0.1, -0.05) is 419 Å². The highest BCUT2D eigenvalue weighted by molar-refractivity contribution is 6.31. The molecule has 0 aliphatic heterocycles. The van der Waals surface area contributed by atoms with E-state index in [1.165, 1.54) is 181 Å². The summed E-state index contributed by atoms with van der Waals surface area (Å²) >= 11 is 0. The van der Waals surface area contributed by atoms with Crippen LogP contribution in [0.3, 0.4) is 0 Å². The molecule has 602 valence electrons. The van der Waals surface area contributed by atoms with Crippen LogP contribution in [0.5, 0.6) is 0 Å². The monoisotopic (exact) mass is 1640 g/mol. The molecule has 0 saturated carbocycles. The quantitative estimate of drug-likeness (QED) is 0.121. The predicted octanol–water partition coefficient (Wildman–Crippen LogP) is 36.0. The third-order valence-electron chi connectivity index (χ3n) is 26.0. The molecule has 26 aromatic rings. The molecule has 3 heteroatoms. The van der Waals surface area contributed by atoms with E-state index < -0.39 is 0 Å². The molecule has 3 nitrogen and oxygen atoms in total. The number of benzene rings is 23. The Bertz CT molecular complexity index is 8600. The van der Waals surface area contributed by atoms with Crippen LogP contribution in [-0.4, -0.2) is 0 Å². The van der Waals surface area contributed by atoms with E-state index in [4.69, 9.17) is 13.3 Å². The lowest BCUT2D eigenvalue weighted by Crippen LogP contribution is -1.94. The van der Waals surface area contributed by atoms with E-state index in [1.54, 1.807) is 0 Å². The molecular weight excluding hydrogens is 1560 g/mol. The normalized spacial score (nSPS) is 11.6. The lowest BCUT2D eigenvalue weighted by molar-refractivity contribution is 0.668. The zero-order chi connectivity index (χ0) is 85.2. The lowest BCUT2D eigenvalue weighted by atomic mass is 9.81. The molecule has 0 unspecified atom stereocenters. The maximum absolute atomic E-state index is 6.61. The molecular formula is C126H80O3. The fourth-order valence-corrected chi connectivity index (χ4v) is 20.4. The van der Waals surface area contributed by atoms with Gasteiger partial charge in [0.1, 0.15) is 33.5 Å². The average Bonchev–Trinajstić information content (AvgIpc) is 1.69. The summed E-state index contributed by atoms with van der Waals surface area (Å²) in [5.41, 5.74) is 32.1. The molecule has 3 heterocycles. The molecule has 0 saturated heterocycles. The second-order valence-electron chi connectivity index (χ2n) is 33.3. The van der Waals surface area contributed by atoms with Gasteiger partial charge in [-0.15, -0.1) is 0 Å². The van der Waals surface area contributed by atoms with Crippen molar-refractivity contribution in [3.05, 3.63) is 485 Å². The molecule has 129 heavy (non-hydrogen) atoms. The van der Waals surface area contributed by atoms with Crippen LogP contribution < -0.4 is 0 Å². The minimum Gasteiger partial charge on any atom is -0.456 e. The van der Waals surface area contributed by atoms with Gasteiger partial charge in [0.2, 0.25) is 0 Å². The van der Waals surface area contributed by atoms with E-state index in [0.29, 0.717) is 0 Å². The molecule has 0 fully saturated rings. The maximum Gasteiger partial charge on any atom is 0.136 e. The molecule has 0 spiro atoms. The van der Waals surface area contributed by atoms with Crippen molar-refractivity contribution in [1.82, 2.24) is 0 Å². The molecule has 23 aromatic carbocycles. The Morgan fingerprint density at radius 2 is 0.333 bits per heavy atom. The van der Waals surface area contributed by atoms with Crippen LogP contribution in [0.4, 0.5) is 0 Å². The molecule has 0 bridgehead atoms. The highest BCUT2D eigenvalue weighted by Crippen LogP contribution is 2.55. The molecule has 0 radical (unpaired) electrons. The molecule has 3 aromatic heterocycles. The number of hydrogen-bond donors (Lipinski definition) is 0. The number of hydrogen-bond acceptors (Lipinski definition) is 3. The highest BCUT2D eigenvalue weighted by atomic mass is 16.3. The Morgan fingerprint density at radius 3 is 0.698 bits per heavy atom. The fraction of sp³-hybridized carbons (Fsp3) is 0. The zero-order valence-electron chi connectivity index (χ0n) is 70.4. The summed E-state index contributed by atoms with van der Waals surface area (Å²) in [5.74, 6) is 0. The molecule has 0 aliphatic carbocycles. The Balaban J connectivity index is 0.000000110. The van der Waals surface area contributed by atoms with Crippen LogP contribution in [0.15, 0.2) is 499 Å². The first-order valence-corrected chi connectivity index (χ1v) is 44.2. The summed E-state index contributed by atoms with van der Waals surface area (Å²) in [5, 5.41) is 21.8. The van der Waals surface area contributed by atoms with E-state index in [9.17, 15) is 0 Å². The topological polar surface area (TPSA) is 39.4 Å². The first kappa shape index (κ1) is 75.7. The van der Waals surface area contributed by atoms with Gasteiger partial charge in [-0.2, -0.15) is 0 Å². The maximum atomic E-state index is 6.61. The summed E-state index contributed by atoms with van der Waals surface area (Å²) < 4.78 is 19.2. The minimum atomic E-state index is 0.887. The Morgan fingerprint density at radius 1 is 0.101 bits per heavy atom. The van der Waals surface area contributed by atoms with Gasteiger partial charge in [-0.3, -0.25) is 0 Å². The van der Waals surface area contributed by atoms with Crippen LogP contribution in [0.25, 0.3) is 253 Å². The van der Waals surface area contributed by atoms with Crippen molar-refractivity contribution in [3.63, 3.8) is 0 Å². The van der Waals surface area contributed by atoms with Crippen molar-refractivity contribution in [2.45, 2.75) is 0 Å². The summed E-state index contributed by atoms with van der Waals surface area (Å²) in [6, 6.07) is 174. The molecule has 26 rings (SSSR count). The fourth-order valence-electron chi connectivity index (χ4n) is 20.4.